The molecule has 1 aromatic heterocycles. The van der Waals surface area contributed by atoms with Gasteiger partial charge in [-0.2, -0.15) is 12.6 Å². The Labute approximate surface area is 267 Å². The van der Waals surface area contributed by atoms with Gasteiger partial charge in [0.25, 0.3) is 15.9 Å². The average Bonchev–Trinajstić information content (AvgIpc) is 3.52. The summed E-state index contributed by atoms with van der Waals surface area (Å²) in [4.78, 5) is 15.6. The number of fused-ring (bicyclic) bond motifs is 1. The monoisotopic (exact) mass is 633 g/mol. The van der Waals surface area contributed by atoms with E-state index in [2.05, 4.69) is 52.4 Å². The second kappa shape index (κ2) is 13.8. The summed E-state index contributed by atoms with van der Waals surface area (Å²) in [5.74, 6) is 0.365. The number of likely N-dealkylation sites (tertiary alicyclic amines) is 1. The van der Waals surface area contributed by atoms with Crippen molar-refractivity contribution in [3.05, 3.63) is 94.7 Å². The number of hydrogen-bond acceptors (Lipinski definition) is 6. The zero-order chi connectivity index (χ0) is 31.4. The van der Waals surface area contributed by atoms with Crippen LogP contribution in [-0.4, -0.2) is 49.4 Å². The van der Waals surface area contributed by atoms with E-state index in [9.17, 15) is 13.2 Å². The molecular formula is C35H43N3O4S2. The van der Waals surface area contributed by atoms with Gasteiger partial charge in [-0.05, 0) is 104 Å². The van der Waals surface area contributed by atoms with Crippen LogP contribution in [0.5, 0.6) is 5.75 Å². The van der Waals surface area contributed by atoms with Gasteiger partial charge in [0.1, 0.15) is 5.75 Å². The fourth-order valence-corrected chi connectivity index (χ4v) is 8.10. The molecule has 2 unspecified atom stereocenters. The Kier molecular flexibility index (Phi) is 10.1. The molecule has 0 aliphatic carbocycles. The highest BCUT2D eigenvalue weighted by atomic mass is 32.2. The number of carbonyl (C=O) groups excluding carboxylic acids is 1. The SMILES string of the molecule is CCCN1CCC(Cc2ccc3c(c2)c(Cc2ccc(C(=O)NS(=O)(=O)c4ccccc4C)cc2OC)cn3CCC)C1S. The molecule has 1 aliphatic heterocycles. The predicted octanol–water partition coefficient (Wildman–Crippen LogP) is 6.61. The predicted molar refractivity (Wildman–Crippen MR) is 180 cm³/mol. The number of nitrogens with zero attached hydrogens (tertiary/aromatic N) is 2. The minimum absolute atomic E-state index is 0.0795. The van der Waals surface area contributed by atoms with Crippen LogP contribution in [0.4, 0.5) is 0 Å². The van der Waals surface area contributed by atoms with E-state index in [0.29, 0.717) is 29.0 Å². The number of methoxy groups -OCH3 is 1. The number of aryl methyl sites for hydroxylation is 2. The molecule has 1 amide bonds. The molecule has 0 saturated carbocycles. The van der Waals surface area contributed by atoms with Crippen LogP contribution < -0.4 is 9.46 Å². The number of amides is 1. The summed E-state index contributed by atoms with van der Waals surface area (Å²) in [5, 5.41) is 1.52. The molecule has 0 spiro atoms. The summed E-state index contributed by atoms with van der Waals surface area (Å²) in [5.41, 5.74) is 5.43. The number of nitrogens with one attached hydrogen (secondary N) is 1. The van der Waals surface area contributed by atoms with Crippen LogP contribution in [0, 0.1) is 12.8 Å². The molecule has 0 radical (unpaired) electrons. The van der Waals surface area contributed by atoms with E-state index in [4.69, 9.17) is 17.4 Å². The molecule has 1 fully saturated rings. The van der Waals surface area contributed by atoms with Crippen LogP contribution in [0.2, 0.25) is 0 Å². The van der Waals surface area contributed by atoms with Gasteiger partial charge < -0.3 is 9.30 Å². The maximum atomic E-state index is 13.0. The molecule has 2 atom stereocenters. The number of rotatable bonds is 12. The third-order valence-corrected chi connectivity index (χ3v) is 10.9. The van der Waals surface area contributed by atoms with Crippen molar-refractivity contribution in [3.63, 3.8) is 0 Å². The van der Waals surface area contributed by atoms with Gasteiger partial charge in [-0.15, -0.1) is 0 Å². The van der Waals surface area contributed by atoms with E-state index >= 15 is 0 Å². The molecule has 234 valence electrons. The molecule has 0 bridgehead atoms. The summed E-state index contributed by atoms with van der Waals surface area (Å²) in [6.07, 6.45) is 7.19. The Morgan fingerprint density at radius 3 is 2.52 bits per heavy atom. The van der Waals surface area contributed by atoms with Crippen molar-refractivity contribution in [2.45, 2.75) is 69.7 Å². The van der Waals surface area contributed by atoms with Crippen molar-refractivity contribution in [1.29, 1.82) is 0 Å². The van der Waals surface area contributed by atoms with E-state index in [1.807, 2.05) is 6.07 Å². The Morgan fingerprint density at radius 2 is 1.80 bits per heavy atom. The number of aromatic nitrogens is 1. The normalized spacial score (nSPS) is 17.3. The molecule has 1 saturated heterocycles. The number of benzene rings is 3. The van der Waals surface area contributed by atoms with E-state index in [1.54, 1.807) is 44.4 Å². The Balaban J connectivity index is 1.40. The first-order valence-electron chi connectivity index (χ1n) is 15.5. The minimum Gasteiger partial charge on any atom is -0.496 e. The van der Waals surface area contributed by atoms with E-state index in [1.165, 1.54) is 34.5 Å². The Hall–Kier alpha value is -3.27. The molecule has 4 aromatic rings. The molecule has 1 aliphatic rings. The summed E-state index contributed by atoms with van der Waals surface area (Å²) in [6, 6.07) is 18.6. The van der Waals surface area contributed by atoms with Crippen molar-refractivity contribution in [3.8, 4) is 5.75 Å². The van der Waals surface area contributed by atoms with Crippen LogP contribution >= 0.6 is 12.6 Å². The number of thiol groups is 1. The maximum absolute atomic E-state index is 13.0. The quantitative estimate of drug-likeness (QED) is 0.172. The van der Waals surface area contributed by atoms with Crippen molar-refractivity contribution in [2.75, 3.05) is 20.2 Å². The molecule has 3 aromatic carbocycles. The van der Waals surface area contributed by atoms with Crippen LogP contribution in [0.1, 0.15) is 65.7 Å². The molecule has 1 N–H and O–H groups in total. The molecule has 7 nitrogen and oxygen atoms in total. The van der Waals surface area contributed by atoms with Crippen LogP contribution in [0.25, 0.3) is 10.9 Å². The van der Waals surface area contributed by atoms with Gasteiger partial charge in [0, 0.05) is 35.6 Å². The maximum Gasteiger partial charge on any atom is 0.265 e. The summed E-state index contributed by atoms with van der Waals surface area (Å²) in [6.45, 7) is 9.23. The standard InChI is InChI=1S/C35H43N3O4S2/c1-5-16-37-18-15-28(35(37)43)19-25-11-14-31-30(20-25)29(23-38(31)17-6-2)21-26-12-13-27(22-32(26)42-4)34(39)36-44(40,41)33-10-8-7-9-24(33)3/h7-14,20,22-23,28,35,43H,5-6,15-19,21H2,1-4H3,(H,36,39). The lowest BCUT2D eigenvalue weighted by atomic mass is 9.95. The second-order valence-corrected chi connectivity index (χ2v) is 14.0. The van der Waals surface area contributed by atoms with Crippen LogP contribution in [-0.2, 0) is 29.4 Å². The van der Waals surface area contributed by atoms with Crippen LogP contribution in [0.3, 0.4) is 0 Å². The first-order chi connectivity index (χ1) is 21.1. The Morgan fingerprint density at radius 1 is 1.02 bits per heavy atom. The van der Waals surface area contributed by atoms with Crippen molar-refractivity contribution >= 4 is 39.5 Å². The average molecular weight is 634 g/mol. The largest absolute Gasteiger partial charge is 0.496 e. The van der Waals surface area contributed by atoms with Gasteiger partial charge in [-0.25, -0.2) is 13.1 Å². The zero-order valence-corrected chi connectivity index (χ0v) is 27.8. The summed E-state index contributed by atoms with van der Waals surface area (Å²) in [7, 11) is -2.45. The highest BCUT2D eigenvalue weighted by molar-refractivity contribution is 7.90. The molecule has 9 heteroatoms. The summed E-state index contributed by atoms with van der Waals surface area (Å²) >= 11 is 4.97. The second-order valence-electron chi connectivity index (χ2n) is 11.8. The molecule has 44 heavy (non-hydrogen) atoms. The smallest absolute Gasteiger partial charge is 0.265 e. The fraction of sp³-hybridized carbons (Fsp3) is 0.400. The van der Waals surface area contributed by atoms with Crippen molar-refractivity contribution in [1.82, 2.24) is 14.2 Å². The third-order valence-electron chi connectivity index (χ3n) is 8.62. The van der Waals surface area contributed by atoms with Gasteiger partial charge in [-0.1, -0.05) is 44.2 Å². The summed E-state index contributed by atoms with van der Waals surface area (Å²) < 4.78 is 36.1. The lowest BCUT2D eigenvalue weighted by Gasteiger charge is -2.23. The molecule has 2 heterocycles. The van der Waals surface area contributed by atoms with E-state index < -0.39 is 15.9 Å². The molecular weight excluding hydrogens is 591 g/mol. The topological polar surface area (TPSA) is 80.6 Å². The highest BCUT2D eigenvalue weighted by Crippen LogP contribution is 2.33. The van der Waals surface area contributed by atoms with Gasteiger partial charge in [0.05, 0.1) is 17.4 Å². The lowest BCUT2D eigenvalue weighted by Crippen LogP contribution is -2.31. The fourth-order valence-electron chi connectivity index (χ4n) is 6.40. The van der Waals surface area contributed by atoms with E-state index in [0.717, 1.165) is 44.5 Å². The van der Waals surface area contributed by atoms with E-state index in [-0.39, 0.29) is 10.5 Å². The van der Waals surface area contributed by atoms with Gasteiger partial charge in [0.2, 0.25) is 0 Å². The highest BCUT2D eigenvalue weighted by Gasteiger charge is 2.31. The van der Waals surface area contributed by atoms with Gasteiger partial charge in [-0.3, -0.25) is 9.69 Å². The number of hydrogen-bond donors (Lipinski definition) is 2. The first kappa shape index (κ1) is 32.1. The molecule has 5 rings (SSSR count). The number of ether oxygens (including phenoxy) is 1. The Bertz CT molecular complexity index is 1750. The first-order valence-corrected chi connectivity index (χ1v) is 17.5. The zero-order valence-electron chi connectivity index (χ0n) is 26.0. The lowest BCUT2D eigenvalue weighted by molar-refractivity contribution is 0.0981. The van der Waals surface area contributed by atoms with Crippen molar-refractivity contribution < 1.29 is 17.9 Å². The van der Waals surface area contributed by atoms with Gasteiger partial charge >= 0.3 is 0 Å². The van der Waals surface area contributed by atoms with Crippen LogP contribution in [0.15, 0.2) is 71.8 Å². The minimum atomic E-state index is -4.02. The third kappa shape index (κ3) is 6.85. The van der Waals surface area contributed by atoms with Crippen molar-refractivity contribution in [2.24, 2.45) is 5.92 Å². The number of sulfonamides is 1. The van der Waals surface area contributed by atoms with Gasteiger partial charge in [0.15, 0.2) is 0 Å². The number of carbonyl (C=O) groups is 1.